The van der Waals surface area contributed by atoms with E-state index in [1.807, 2.05) is 48.5 Å². The zero-order valence-corrected chi connectivity index (χ0v) is 13.4. The fraction of sp³-hybridized carbons (Fsp3) is 0.176. The molecule has 0 saturated carbocycles. The number of ether oxygens (including phenoxy) is 1. The number of hydrogen-bond donors (Lipinski definition) is 1. The summed E-state index contributed by atoms with van der Waals surface area (Å²) >= 11 is 5.86. The zero-order chi connectivity index (χ0) is 16.1. The topological polar surface area (TPSA) is 60.2 Å². The molecule has 0 fully saturated rings. The van der Waals surface area contributed by atoms with Gasteiger partial charge >= 0.3 is 0 Å². The predicted molar refractivity (Wildman–Crippen MR) is 88.6 cm³/mol. The molecule has 1 heterocycles. The Kier molecular flexibility index (Phi) is 4.78. The first-order valence-electron chi connectivity index (χ1n) is 7.19. The minimum atomic E-state index is 0.492. The molecule has 0 saturated heterocycles. The van der Waals surface area contributed by atoms with Crippen LogP contribution in [0.4, 0.5) is 5.69 Å². The molecule has 23 heavy (non-hydrogen) atoms. The summed E-state index contributed by atoms with van der Waals surface area (Å²) in [5.74, 6) is 1.93. The summed E-state index contributed by atoms with van der Waals surface area (Å²) in [4.78, 5) is 0. The Morgan fingerprint density at radius 1 is 1.04 bits per heavy atom. The number of rotatable bonds is 6. The molecular weight excluding hydrogens is 314 g/mol. The third-order valence-electron chi connectivity index (χ3n) is 3.18. The fourth-order valence-corrected chi connectivity index (χ4v) is 2.13. The third kappa shape index (κ3) is 4.47. The van der Waals surface area contributed by atoms with E-state index in [4.69, 9.17) is 20.8 Å². The molecule has 5 nitrogen and oxygen atoms in total. The van der Waals surface area contributed by atoms with Crippen molar-refractivity contribution in [1.29, 1.82) is 0 Å². The first-order chi connectivity index (χ1) is 11.2. The van der Waals surface area contributed by atoms with Crippen molar-refractivity contribution in [3.05, 3.63) is 70.9 Å². The smallest absolute Gasteiger partial charge is 0.235 e. The van der Waals surface area contributed by atoms with Gasteiger partial charge in [-0.3, -0.25) is 0 Å². The number of nitrogens with one attached hydrogen (secondary N) is 1. The molecular formula is C17H16ClN3O2. The van der Waals surface area contributed by atoms with Crippen LogP contribution in [0.25, 0.3) is 0 Å². The van der Waals surface area contributed by atoms with Crippen LogP contribution in [-0.4, -0.2) is 10.2 Å². The van der Waals surface area contributed by atoms with E-state index in [1.54, 1.807) is 6.92 Å². The normalized spacial score (nSPS) is 10.5. The molecule has 6 heteroatoms. The van der Waals surface area contributed by atoms with E-state index in [2.05, 4.69) is 15.5 Å². The first kappa shape index (κ1) is 15.4. The Morgan fingerprint density at radius 2 is 1.78 bits per heavy atom. The molecule has 1 N–H and O–H groups in total. The lowest BCUT2D eigenvalue weighted by atomic mass is 10.2. The zero-order valence-electron chi connectivity index (χ0n) is 12.6. The predicted octanol–water partition coefficient (Wildman–Crippen LogP) is 4.22. The summed E-state index contributed by atoms with van der Waals surface area (Å²) in [7, 11) is 0. The van der Waals surface area contributed by atoms with Crippen LogP contribution in [0.5, 0.6) is 5.75 Å². The van der Waals surface area contributed by atoms with E-state index in [1.165, 1.54) is 0 Å². The summed E-state index contributed by atoms with van der Waals surface area (Å²) in [5, 5.41) is 11.7. The molecule has 0 bridgehead atoms. The van der Waals surface area contributed by atoms with Crippen LogP contribution in [0.1, 0.15) is 17.3 Å². The van der Waals surface area contributed by atoms with Crippen molar-refractivity contribution >= 4 is 17.3 Å². The van der Waals surface area contributed by atoms with Crippen LogP contribution >= 0.6 is 11.6 Å². The van der Waals surface area contributed by atoms with Crippen molar-refractivity contribution in [2.75, 3.05) is 5.32 Å². The van der Waals surface area contributed by atoms with Crippen LogP contribution in [0, 0.1) is 6.92 Å². The summed E-state index contributed by atoms with van der Waals surface area (Å²) < 4.78 is 11.0. The Morgan fingerprint density at radius 3 is 2.43 bits per heavy atom. The number of aryl methyl sites for hydroxylation is 1. The standard InChI is InChI=1S/C17H16ClN3O2/c1-12-20-21-17(23-12)10-19-15-6-8-16(9-7-15)22-11-13-2-4-14(18)5-3-13/h2-9,19H,10-11H2,1H3. The molecule has 0 unspecified atom stereocenters. The van der Waals surface area contributed by atoms with Crippen LogP contribution in [0.15, 0.2) is 52.9 Å². The number of anilines is 1. The lowest BCUT2D eigenvalue weighted by Gasteiger charge is -2.08. The lowest BCUT2D eigenvalue weighted by molar-refractivity contribution is 0.306. The molecule has 0 spiro atoms. The Balaban J connectivity index is 1.51. The Hall–Kier alpha value is -2.53. The number of benzene rings is 2. The summed E-state index contributed by atoms with van der Waals surface area (Å²) in [6.07, 6.45) is 0. The van der Waals surface area contributed by atoms with Crippen LogP contribution < -0.4 is 10.1 Å². The average Bonchev–Trinajstić information content (AvgIpc) is 2.99. The van der Waals surface area contributed by atoms with E-state index in [0.29, 0.717) is 24.9 Å². The molecule has 3 rings (SSSR count). The number of hydrogen-bond acceptors (Lipinski definition) is 5. The average molecular weight is 330 g/mol. The molecule has 0 aliphatic rings. The monoisotopic (exact) mass is 329 g/mol. The van der Waals surface area contributed by atoms with Crippen LogP contribution in [0.3, 0.4) is 0 Å². The van der Waals surface area contributed by atoms with E-state index in [0.717, 1.165) is 22.0 Å². The number of halogens is 1. The SMILES string of the molecule is Cc1nnc(CNc2ccc(OCc3ccc(Cl)cc3)cc2)o1. The van der Waals surface area contributed by atoms with Crippen molar-refractivity contribution in [3.8, 4) is 5.75 Å². The van der Waals surface area contributed by atoms with E-state index < -0.39 is 0 Å². The largest absolute Gasteiger partial charge is 0.489 e. The van der Waals surface area contributed by atoms with Crippen molar-refractivity contribution in [3.63, 3.8) is 0 Å². The van der Waals surface area contributed by atoms with Crippen molar-refractivity contribution < 1.29 is 9.15 Å². The summed E-state index contributed by atoms with van der Waals surface area (Å²) in [6, 6.07) is 15.3. The van der Waals surface area contributed by atoms with Crippen molar-refractivity contribution in [2.45, 2.75) is 20.1 Å². The van der Waals surface area contributed by atoms with Crippen LogP contribution in [-0.2, 0) is 13.2 Å². The molecule has 0 aliphatic carbocycles. The van der Waals surface area contributed by atoms with Crippen molar-refractivity contribution in [1.82, 2.24) is 10.2 Å². The third-order valence-corrected chi connectivity index (χ3v) is 3.44. The van der Waals surface area contributed by atoms with E-state index in [9.17, 15) is 0 Å². The minimum Gasteiger partial charge on any atom is -0.489 e. The van der Waals surface area contributed by atoms with Gasteiger partial charge in [0.15, 0.2) is 0 Å². The van der Waals surface area contributed by atoms with Gasteiger partial charge in [-0.2, -0.15) is 0 Å². The summed E-state index contributed by atoms with van der Waals surface area (Å²) in [5.41, 5.74) is 2.03. The van der Waals surface area contributed by atoms with Crippen molar-refractivity contribution in [2.24, 2.45) is 0 Å². The highest BCUT2D eigenvalue weighted by Crippen LogP contribution is 2.18. The maximum atomic E-state index is 5.86. The maximum absolute atomic E-state index is 5.86. The Labute approximate surface area is 139 Å². The lowest BCUT2D eigenvalue weighted by Crippen LogP contribution is -2.00. The summed E-state index contributed by atoms with van der Waals surface area (Å²) in [6.45, 7) is 2.76. The highest BCUT2D eigenvalue weighted by Gasteiger charge is 2.02. The Bertz CT molecular complexity index is 754. The fourth-order valence-electron chi connectivity index (χ4n) is 2.00. The quantitative estimate of drug-likeness (QED) is 0.733. The van der Waals surface area contributed by atoms with Gasteiger partial charge in [0.05, 0.1) is 6.54 Å². The van der Waals surface area contributed by atoms with Crippen LogP contribution in [0.2, 0.25) is 5.02 Å². The second-order valence-electron chi connectivity index (χ2n) is 5.01. The van der Waals surface area contributed by atoms with Gasteiger partial charge in [-0.1, -0.05) is 23.7 Å². The number of aromatic nitrogens is 2. The molecule has 0 radical (unpaired) electrons. The second kappa shape index (κ2) is 7.15. The highest BCUT2D eigenvalue weighted by atomic mass is 35.5. The first-order valence-corrected chi connectivity index (χ1v) is 7.57. The second-order valence-corrected chi connectivity index (χ2v) is 5.44. The van der Waals surface area contributed by atoms with E-state index >= 15 is 0 Å². The molecule has 118 valence electrons. The molecule has 0 atom stereocenters. The van der Waals surface area contributed by atoms with Gasteiger partial charge in [-0.25, -0.2) is 0 Å². The van der Waals surface area contributed by atoms with Gasteiger partial charge in [0.1, 0.15) is 12.4 Å². The van der Waals surface area contributed by atoms with Gasteiger partial charge in [0, 0.05) is 17.6 Å². The highest BCUT2D eigenvalue weighted by molar-refractivity contribution is 6.30. The van der Waals surface area contributed by atoms with Gasteiger partial charge in [0.2, 0.25) is 11.8 Å². The molecule has 0 amide bonds. The van der Waals surface area contributed by atoms with Gasteiger partial charge in [-0.05, 0) is 42.0 Å². The molecule has 0 aliphatic heterocycles. The molecule has 1 aromatic heterocycles. The van der Waals surface area contributed by atoms with Gasteiger partial charge in [-0.15, -0.1) is 10.2 Å². The minimum absolute atomic E-state index is 0.492. The maximum Gasteiger partial charge on any atom is 0.235 e. The van der Waals surface area contributed by atoms with Gasteiger partial charge < -0.3 is 14.5 Å². The van der Waals surface area contributed by atoms with E-state index in [-0.39, 0.29) is 0 Å². The van der Waals surface area contributed by atoms with Gasteiger partial charge in [0.25, 0.3) is 0 Å². The molecule has 3 aromatic rings. The number of nitrogens with zero attached hydrogens (tertiary/aromatic N) is 2. The molecule has 2 aromatic carbocycles.